The summed E-state index contributed by atoms with van der Waals surface area (Å²) in [5.74, 6) is 3.56. The van der Waals surface area contributed by atoms with Crippen LogP contribution in [-0.4, -0.2) is 9.97 Å². The van der Waals surface area contributed by atoms with E-state index < -0.39 is 0 Å². The van der Waals surface area contributed by atoms with Crippen LogP contribution in [0.1, 0.15) is 47.9 Å². The highest BCUT2D eigenvalue weighted by atomic mass is 14.7. The van der Waals surface area contributed by atoms with E-state index >= 15 is 0 Å². The van der Waals surface area contributed by atoms with E-state index in [0.29, 0.717) is 0 Å². The summed E-state index contributed by atoms with van der Waals surface area (Å²) in [6.07, 6.45) is 8.36. The molecule has 3 aliphatic rings. The Balaban J connectivity index is 1.75. The first-order chi connectivity index (χ1) is 10.8. The number of rotatable bonds is 0. The lowest BCUT2D eigenvalue weighted by molar-refractivity contribution is 0.420. The van der Waals surface area contributed by atoms with Gasteiger partial charge in [0.15, 0.2) is 0 Å². The maximum atomic E-state index is 4.91. The molecule has 2 nitrogen and oxygen atoms in total. The van der Waals surface area contributed by atoms with Crippen LogP contribution in [0.3, 0.4) is 0 Å². The molecule has 22 heavy (non-hydrogen) atoms. The van der Waals surface area contributed by atoms with Crippen LogP contribution in [0.4, 0.5) is 0 Å². The highest BCUT2D eigenvalue weighted by molar-refractivity contribution is 6.07. The molecule has 6 rings (SSSR count). The van der Waals surface area contributed by atoms with Crippen molar-refractivity contribution in [2.75, 3.05) is 0 Å². The molecule has 0 saturated heterocycles. The number of aromatic nitrogens is 2. The van der Waals surface area contributed by atoms with Gasteiger partial charge in [-0.2, -0.15) is 0 Å². The van der Waals surface area contributed by atoms with Gasteiger partial charge in [-0.05, 0) is 67.1 Å². The Labute approximate surface area is 129 Å². The summed E-state index contributed by atoms with van der Waals surface area (Å²) >= 11 is 0. The minimum atomic E-state index is 0.779. The molecule has 0 radical (unpaired) electrons. The van der Waals surface area contributed by atoms with Gasteiger partial charge in [-0.25, -0.2) is 0 Å². The Morgan fingerprint density at radius 2 is 1.86 bits per heavy atom. The molecule has 4 unspecified atom stereocenters. The molecule has 2 fully saturated rings. The van der Waals surface area contributed by atoms with Crippen LogP contribution in [0.15, 0.2) is 30.6 Å². The summed E-state index contributed by atoms with van der Waals surface area (Å²) in [6, 6.07) is 6.71. The SMILES string of the molecule is Cc1nccc2c1ccc1c3c(cnc12)C1CCC2C(C1)C32. The largest absolute Gasteiger partial charge is 0.261 e. The Morgan fingerprint density at radius 3 is 2.82 bits per heavy atom. The second-order valence-electron chi connectivity index (χ2n) is 7.44. The lowest BCUT2D eigenvalue weighted by Crippen LogP contribution is -2.11. The number of benzene rings is 1. The summed E-state index contributed by atoms with van der Waals surface area (Å²) in [5, 5.41) is 3.93. The highest BCUT2D eigenvalue weighted by Gasteiger charge is 2.58. The van der Waals surface area contributed by atoms with E-state index in [1.165, 1.54) is 40.9 Å². The molecule has 2 bridgehead atoms. The molecule has 2 aromatic heterocycles. The van der Waals surface area contributed by atoms with E-state index in [4.69, 9.17) is 4.98 Å². The van der Waals surface area contributed by atoms with Gasteiger partial charge in [0.05, 0.1) is 5.52 Å². The fourth-order valence-corrected chi connectivity index (χ4v) is 5.51. The second kappa shape index (κ2) is 3.68. The van der Waals surface area contributed by atoms with Crippen LogP contribution in [0.25, 0.3) is 21.7 Å². The van der Waals surface area contributed by atoms with E-state index in [1.807, 2.05) is 6.20 Å². The third-order valence-electron chi connectivity index (χ3n) is 6.56. The van der Waals surface area contributed by atoms with Crippen molar-refractivity contribution in [1.82, 2.24) is 9.97 Å². The van der Waals surface area contributed by atoms with Crippen LogP contribution in [0.2, 0.25) is 0 Å². The first kappa shape index (κ1) is 11.6. The molecule has 2 heteroatoms. The maximum absolute atomic E-state index is 4.91. The van der Waals surface area contributed by atoms with E-state index in [1.54, 1.807) is 11.1 Å². The van der Waals surface area contributed by atoms with Gasteiger partial charge in [-0.1, -0.05) is 12.1 Å². The smallest absolute Gasteiger partial charge is 0.0784 e. The summed E-state index contributed by atoms with van der Waals surface area (Å²) in [7, 11) is 0. The minimum Gasteiger partial charge on any atom is -0.261 e. The third kappa shape index (κ3) is 1.24. The van der Waals surface area contributed by atoms with Gasteiger partial charge in [0.25, 0.3) is 0 Å². The van der Waals surface area contributed by atoms with E-state index in [9.17, 15) is 0 Å². The van der Waals surface area contributed by atoms with Gasteiger partial charge in [0.1, 0.15) is 0 Å². The van der Waals surface area contributed by atoms with Gasteiger partial charge in [-0.15, -0.1) is 0 Å². The summed E-state index contributed by atoms with van der Waals surface area (Å²) in [5.41, 5.74) is 5.51. The van der Waals surface area contributed by atoms with Crippen molar-refractivity contribution >= 4 is 21.7 Å². The molecule has 4 atom stereocenters. The van der Waals surface area contributed by atoms with Gasteiger partial charge in [-0.3, -0.25) is 9.97 Å². The number of hydrogen-bond acceptors (Lipinski definition) is 2. The third-order valence-corrected chi connectivity index (χ3v) is 6.56. The molecule has 3 aromatic rings. The Morgan fingerprint density at radius 1 is 0.955 bits per heavy atom. The number of fused-ring (bicyclic) bond motifs is 9. The number of hydrogen-bond donors (Lipinski definition) is 0. The van der Waals surface area contributed by atoms with Gasteiger partial charge >= 0.3 is 0 Å². The van der Waals surface area contributed by atoms with Crippen LogP contribution < -0.4 is 0 Å². The quantitative estimate of drug-likeness (QED) is 0.560. The molecule has 1 aromatic carbocycles. The summed E-state index contributed by atoms with van der Waals surface area (Å²) < 4.78 is 0. The molecular weight excluding hydrogens is 268 g/mol. The second-order valence-corrected chi connectivity index (χ2v) is 7.44. The molecule has 0 aliphatic heterocycles. The molecular formula is C20H18N2. The van der Waals surface area contributed by atoms with Crippen molar-refractivity contribution in [2.24, 2.45) is 11.8 Å². The van der Waals surface area contributed by atoms with Gasteiger partial charge < -0.3 is 0 Å². The molecule has 2 heterocycles. The number of pyridine rings is 2. The number of aryl methyl sites for hydroxylation is 1. The Kier molecular flexibility index (Phi) is 1.94. The first-order valence-electron chi connectivity index (χ1n) is 8.50. The first-order valence-corrected chi connectivity index (χ1v) is 8.50. The van der Waals surface area contributed by atoms with Crippen LogP contribution in [0.5, 0.6) is 0 Å². The lowest BCUT2D eigenvalue weighted by atomic mass is 9.79. The average molecular weight is 286 g/mol. The zero-order chi connectivity index (χ0) is 14.4. The molecule has 3 aliphatic carbocycles. The van der Waals surface area contributed by atoms with Crippen LogP contribution in [0, 0.1) is 18.8 Å². The van der Waals surface area contributed by atoms with Crippen molar-refractivity contribution in [2.45, 2.75) is 38.0 Å². The topological polar surface area (TPSA) is 25.8 Å². The maximum Gasteiger partial charge on any atom is 0.0784 e. The van der Waals surface area contributed by atoms with Crippen LogP contribution in [-0.2, 0) is 0 Å². The zero-order valence-corrected chi connectivity index (χ0v) is 12.7. The van der Waals surface area contributed by atoms with Crippen molar-refractivity contribution < 1.29 is 0 Å². The standard InChI is InChI=1S/C20H18N2/c1-10-12-4-5-15-19-17(9-22-20(15)14(12)6-7-21-10)11-2-3-13-16(8-11)18(13)19/h4-7,9,11,13,16,18H,2-3,8H2,1H3. The Bertz CT molecular complexity index is 955. The molecule has 108 valence electrons. The molecule has 0 spiro atoms. The van der Waals surface area contributed by atoms with Crippen molar-refractivity contribution in [3.63, 3.8) is 0 Å². The summed E-state index contributed by atoms with van der Waals surface area (Å²) in [6.45, 7) is 2.09. The monoisotopic (exact) mass is 286 g/mol. The van der Waals surface area contributed by atoms with E-state index in [-0.39, 0.29) is 0 Å². The predicted octanol–water partition coefficient (Wildman–Crippen LogP) is 4.70. The van der Waals surface area contributed by atoms with Gasteiger partial charge in [0.2, 0.25) is 0 Å². The lowest BCUT2D eigenvalue weighted by Gasteiger charge is -2.26. The van der Waals surface area contributed by atoms with Crippen molar-refractivity contribution in [3.8, 4) is 0 Å². The molecule has 2 saturated carbocycles. The highest BCUT2D eigenvalue weighted by Crippen LogP contribution is 2.69. The zero-order valence-electron chi connectivity index (χ0n) is 12.7. The van der Waals surface area contributed by atoms with Crippen molar-refractivity contribution in [1.29, 1.82) is 0 Å². The normalized spacial score (nSPS) is 31.3. The number of nitrogens with zero attached hydrogens (tertiary/aromatic N) is 2. The Hall–Kier alpha value is -1.96. The molecule has 0 amide bonds. The molecule has 0 N–H and O–H groups in total. The fourth-order valence-electron chi connectivity index (χ4n) is 5.51. The predicted molar refractivity (Wildman–Crippen MR) is 88.1 cm³/mol. The minimum absolute atomic E-state index is 0.779. The fraction of sp³-hybridized carbons (Fsp3) is 0.400. The summed E-state index contributed by atoms with van der Waals surface area (Å²) in [4.78, 5) is 9.34. The van der Waals surface area contributed by atoms with Crippen LogP contribution >= 0.6 is 0 Å². The van der Waals surface area contributed by atoms with E-state index in [2.05, 4.69) is 36.3 Å². The van der Waals surface area contributed by atoms with E-state index in [0.717, 1.165) is 29.4 Å². The average Bonchev–Trinajstić information content (AvgIpc) is 3.30. The van der Waals surface area contributed by atoms with Crippen molar-refractivity contribution in [3.05, 3.63) is 47.4 Å². The van der Waals surface area contributed by atoms with Gasteiger partial charge in [0, 0.05) is 34.2 Å².